The molecule has 1 saturated heterocycles. The molecule has 1 aliphatic heterocycles. The van der Waals surface area contributed by atoms with E-state index in [2.05, 4.69) is 46.9 Å². The maximum Gasteiger partial charge on any atom is 0.225 e. The first kappa shape index (κ1) is 18.5. The lowest BCUT2D eigenvalue weighted by Gasteiger charge is -2.21. The number of aromatic nitrogens is 2. The Morgan fingerprint density at radius 1 is 1.33 bits per heavy atom. The van der Waals surface area contributed by atoms with Crippen molar-refractivity contribution in [2.45, 2.75) is 25.8 Å². The number of halogens is 1. The summed E-state index contributed by atoms with van der Waals surface area (Å²) < 4.78 is 1.79. The van der Waals surface area contributed by atoms with E-state index in [0.29, 0.717) is 6.54 Å². The second-order valence-electron chi connectivity index (χ2n) is 6.46. The fourth-order valence-corrected chi connectivity index (χ4v) is 3.19. The minimum absolute atomic E-state index is 0. The molecule has 5 nitrogen and oxygen atoms in total. The van der Waals surface area contributed by atoms with Crippen molar-refractivity contribution in [1.29, 1.82) is 0 Å². The third-order valence-corrected chi connectivity index (χ3v) is 4.64. The van der Waals surface area contributed by atoms with Gasteiger partial charge in [0.25, 0.3) is 0 Å². The Bertz CT molecular complexity index is 683. The highest BCUT2D eigenvalue weighted by molar-refractivity contribution is 5.85. The van der Waals surface area contributed by atoms with Crippen molar-refractivity contribution < 1.29 is 4.79 Å². The monoisotopic (exact) mass is 348 g/mol. The molecule has 0 radical (unpaired) electrons. The minimum atomic E-state index is -0.0490. The molecular weight excluding hydrogens is 324 g/mol. The summed E-state index contributed by atoms with van der Waals surface area (Å²) in [6.45, 7) is 5.63. The Kier molecular flexibility index (Phi) is 6.02. The number of hydrogen-bond donors (Lipinski definition) is 2. The number of nitrogens with one attached hydrogen (secondary N) is 2. The van der Waals surface area contributed by atoms with Crippen molar-refractivity contribution in [3.8, 4) is 0 Å². The predicted octanol–water partition coefficient (Wildman–Crippen LogP) is 2.33. The van der Waals surface area contributed by atoms with Crippen LogP contribution in [0, 0.1) is 12.8 Å². The molecule has 1 amide bonds. The molecule has 0 aliphatic carbocycles. The van der Waals surface area contributed by atoms with E-state index >= 15 is 0 Å². The largest absolute Gasteiger partial charge is 0.349 e. The fourth-order valence-electron chi connectivity index (χ4n) is 3.19. The standard InChI is InChI=1S/C18H24N4O.ClH/c1-12-4-6-14(7-5-12)13(2)21-18(23)17-10-19-9-16(17)15-8-20-22(3)11-15;/h4-8,11,13,16-17,19H,9-10H2,1-3H3,(H,21,23);1H/t13?,16-,17+;/m1./s1. The first-order valence-corrected chi connectivity index (χ1v) is 8.11. The summed E-state index contributed by atoms with van der Waals surface area (Å²) in [5, 5.41) is 10.7. The third kappa shape index (κ3) is 3.97. The quantitative estimate of drug-likeness (QED) is 0.891. The molecule has 1 aromatic carbocycles. The molecule has 6 heteroatoms. The number of hydrogen-bond acceptors (Lipinski definition) is 3. The maximum atomic E-state index is 12.7. The highest BCUT2D eigenvalue weighted by atomic mass is 35.5. The van der Waals surface area contributed by atoms with Gasteiger partial charge in [0.2, 0.25) is 5.91 Å². The first-order valence-electron chi connectivity index (χ1n) is 8.11. The molecule has 2 heterocycles. The van der Waals surface area contributed by atoms with Gasteiger partial charge in [-0.15, -0.1) is 12.4 Å². The first-order chi connectivity index (χ1) is 11.0. The van der Waals surface area contributed by atoms with Crippen LogP contribution in [0.4, 0.5) is 0 Å². The average molecular weight is 349 g/mol. The van der Waals surface area contributed by atoms with Crippen LogP contribution < -0.4 is 10.6 Å². The average Bonchev–Trinajstić information content (AvgIpc) is 3.16. The summed E-state index contributed by atoms with van der Waals surface area (Å²) in [5.74, 6) is 0.248. The molecule has 1 unspecified atom stereocenters. The molecule has 1 fully saturated rings. The fraction of sp³-hybridized carbons (Fsp3) is 0.444. The second kappa shape index (κ2) is 7.81. The number of benzene rings is 1. The van der Waals surface area contributed by atoms with Crippen LogP contribution in [0.25, 0.3) is 0 Å². The van der Waals surface area contributed by atoms with Gasteiger partial charge in [-0.3, -0.25) is 9.48 Å². The number of aryl methyl sites for hydroxylation is 2. The van der Waals surface area contributed by atoms with Gasteiger partial charge in [-0.1, -0.05) is 29.8 Å². The number of rotatable bonds is 4. The van der Waals surface area contributed by atoms with Crippen molar-refractivity contribution in [2.24, 2.45) is 13.0 Å². The van der Waals surface area contributed by atoms with E-state index in [4.69, 9.17) is 0 Å². The van der Waals surface area contributed by atoms with Gasteiger partial charge in [0.05, 0.1) is 18.2 Å². The van der Waals surface area contributed by atoms with Crippen molar-refractivity contribution in [3.63, 3.8) is 0 Å². The Morgan fingerprint density at radius 3 is 2.67 bits per heavy atom. The Labute approximate surface area is 149 Å². The summed E-state index contributed by atoms with van der Waals surface area (Å²) in [6.07, 6.45) is 3.86. The topological polar surface area (TPSA) is 59.0 Å². The van der Waals surface area contributed by atoms with Crippen LogP contribution in [-0.2, 0) is 11.8 Å². The lowest BCUT2D eigenvalue weighted by molar-refractivity contribution is -0.125. The van der Waals surface area contributed by atoms with Gasteiger partial charge >= 0.3 is 0 Å². The Hall–Kier alpha value is -1.85. The number of nitrogens with zero attached hydrogens (tertiary/aromatic N) is 2. The molecule has 3 rings (SSSR count). The number of amides is 1. The van der Waals surface area contributed by atoms with Crippen molar-refractivity contribution in [2.75, 3.05) is 13.1 Å². The highest BCUT2D eigenvalue weighted by Gasteiger charge is 2.35. The zero-order chi connectivity index (χ0) is 16.4. The van der Waals surface area contributed by atoms with Crippen LogP contribution >= 0.6 is 12.4 Å². The van der Waals surface area contributed by atoms with Gasteiger partial charge in [-0.25, -0.2) is 0 Å². The summed E-state index contributed by atoms with van der Waals surface area (Å²) in [7, 11) is 1.90. The summed E-state index contributed by atoms with van der Waals surface area (Å²) in [5.41, 5.74) is 3.48. The molecule has 2 aromatic rings. The van der Waals surface area contributed by atoms with Crippen LogP contribution in [0.1, 0.15) is 35.6 Å². The van der Waals surface area contributed by atoms with E-state index in [1.54, 1.807) is 4.68 Å². The molecular formula is C18H25ClN4O. The molecule has 0 saturated carbocycles. The van der Waals surface area contributed by atoms with Crippen molar-refractivity contribution in [1.82, 2.24) is 20.4 Å². The number of carbonyl (C=O) groups excluding carboxylic acids is 1. The van der Waals surface area contributed by atoms with Crippen molar-refractivity contribution >= 4 is 18.3 Å². The van der Waals surface area contributed by atoms with E-state index < -0.39 is 0 Å². The smallest absolute Gasteiger partial charge is 0.225 e. The maximum absolute atomic E-state index is 12.7. The molecule has 1 aromatic heterocycles. The molecule has 3 atom stereocenters. The molecule has 0 bridgehead atoms. The van der Waals surface area contributed by atoms with E-state index in [-0.39, 0.29) is 36.2 Å². The van der Waals surface area contributed by atoms with Crippen LogP contribution in [0.3, 0.4) is 0 Å². The lowest BCUT2D eigenvalue weighted by Crippen LogP contribution is -2.35. The zero-order valence-corrected chi connectivity index (χ0v) is 15.1. The Morgan fingerprint density at radius 2 is 2.04 bits per heavy atom. The summed E-state index contributed by atoms with van der Waals surface area (Å²) in [4.78, 5) is 12.7. The zero-order valence-electron chi connectivity index (χ0n) is 14.3. The summed E-state index contributed by atoms with van der Waals surface area (Å²) in [6, 6.07) is 8.32. The molecule has 2 N–H and O–H groups in total. The normalized spacial score (nSPS) is 21.1. The van der Waals surface area contributed by atoms with Gasteiger partial charge in [0.15, 0.2) is 0 Å². The van der Waals surface area contributed by atoms with Gasteiger partial charge < -0.3 is 10.6 Å². The van der Waals surface area contributed by atoms with Crippen LogP contribution in [0.2, 0.25) is 0 Å². The van der Waals surface area contributed by atoms with Crippen LogP contribution in [0.15, 0.2) is 36.7 Å². The second-order valence-corrected chi connectivity index (χ2v) is 6.46. The highest BCUT2D eigenvalue weighted by Crippen LogP contribution is 2.28. The van der Waals surface area contributed by atoms with E-state index in [1.165, 1.54) is 5.56 Å². The molecule has 1 aliphatic rings. The lowest BCUT2D eigenvalue weighted by atomic mass is 9.90. The minimum Gasteiger partial charge on any atom is -0.349 e. The SMILES string of the molecule is Cc1ccc(C(C)NC(=O)[C@H]2CNC[C@@H]2c2cnn(C)c2)cc1.Cl. The van der Waals surface area contributed by atoms with Gasteiger partial charge in [-0.2, -0.15) is 5.10 Å². The van der Waals surface area contributed by atoms with Gasteiger partial charge in [-0.05, 0) is 25.0 Å². The molecule has 130 valence electrons. The predicted molar refractivity (Wildman–Crippen MR) is 97.3 cm³/mol. The summed E-state index contributed by atoms with van der Waals surface area (Å²) >= 11 is 0. The van der Waals surface area contributed by atoms with E-state index in [0.717, 1.165) is 17.7 Å². The molecule has 24 heavy (non-hydrogen) atoms. The van der Waals surface area contributed by atoms with Crippen molar-refractivity contribution in [3.05, 3.63) is 53.3 Å². The van der Waals surface area contributed by atoms with Gasteiger partial charge in [0, 0.05) is 32.3 Å². The van der Waals surface area contributed by atoms with Crippen LogP contribution in [-0.4, -0.2) is 28.8 Å². The van der Waals surface area contributed by atoms with E-state index in [9.17, 15) is 4.79 Å². The van der Waals surface area contributed by atoms with Gasteiger partial charge in [0.1, 0.15) is 0 Å². The van der Waals surface area contributed by atoms with Crippen LogP contribution in [0.5, 0.6) is 0 Å². The Balaban J connectivity index is 0.00000208. The third-order valence-electron chi connectivity index (χ3n) is 4.64. The number of carbonyl (C=O) groups is 1. The molecule has 0 spiro atoms. The van der Waals surface area contributed by atoms with E-state index in [1.807, 2.05) is 26.4 Å².